The average Bonchev–Trinajstić information content (AvgIpc) is 2.88. The van der Waals surface area contributed by atoms with Crippen molar-refractivity contribution in [3.05, 3.63) is 29.8 Å². The van der Waals surface area contributed by atoms with Gasteiger partial charge in [0.25, 0.3) is 0 Å². The van der Waals surface area contributed by atoms with Crippen molar-refractivity contribution in [2.75, 3.05) is 6.54 Å². The lowest BCUT2D eigenvalue weighted by molar-refractivity contribution is -0.147. The van der Waals surface area contributed by atoms with E-state index in [2.05, 4.69) is 20.9 Å². The fraction of sp³-hybridized carbons (Fsp3) is 0.458. The van der Waals surface area contributed by atoms with Crippen molar-refractivity contribution in [1.29, 1.82) is 0 Å². The first-order valence-electron chi connectivity index (χ1n) is 12.4. The van der Waals surface area contributed by atoms with Gasteiger partial charge in [-0.1, -0.05) is 12.1 Å². The highest BCUT2D eigenvalue weighted by Gasteiger charge is 2.31. The normalized spacial score (nSPS) is 13.5. The number of carbonyl (C=O) groups excluding carboxylic acids is 4. The number of hydrogen-bond donors (Lipinski definition) is 10. The summed E-state index contributed by atoms with van der Waals surface area (Å²) in [5, 5.41) is 34.5. The molecule has 0 aliphatic rings. The molecule has 4 unspecified atom stereocenters. The van der Waals surface area contributed by atoms with Crippen LogP contribution in [0.25, 0.3) is 0 Å². The Kier molecular flexibility index (Phi) is 14.1. The Bertz CT molecular complexity index is 1120. The third kappa shape index (κ3) is 13.6. The Balaban J connectivity index is 3.07. The summed E-state index contributed by atoms with van der Waals surface area (Å²) < 4.78 is 0. The first-order chi connectivity index (χ1) is 19.2. The molecule has 0 aliphatic carbocycles. The number of hydrogen-bond acceptors (Lipinski definition) is 9. The van der Waals surface area contributed by atoms with Gasteiger partial charge in [-0.2, -0.15) is 0 Å². The molecular formula is C24H36N8O9. The number of aromatic hydroxyl groups is 1. The van der Waals surface area contributed by atoms with E-state index in [1.54, 1.807) is 12.1 Å². The number of nitrogens with zero attached hydrogens (tertiary/aromatic N) is 1. The van der Waals surface area contributed by atoms with Crippen LogP contribution in [0.3, 0.4) is 0 Å². The van der Waals surface area contributed by atoms with Gasteiger partial charge in [-0.05, 0) is 43.4 Å². The molecule has 1 aromatic rings. The number of phenolic OH excluding ortho intramolecular Hbond substituents is 1. The number of primary amides is 1. The fourth-order valence-corrected chi connectivity index (χ4v) is 3.50. The highest BCUT2D eigenvalue weighted by molar-refractivity contribution is 5.95. The Hall–Kier alpha value is -4.93. The predicted octanol–water partition coefficient (Wildman–Crippen LogP) is -3.41. The van der Waals surface area contributed by atoms with Crippen LogP contribution in [0.2, 0.25) is 0 Å². The third-order valence-electron chi connectivity index (χ3n) is 5.61. The molecule has 0 bridgehead atoms. The summed E-state index contributed by atoms with van der Waals surface area (Å²) in [6, 6.07) is 0.239. The molecule has 14 N–H and O–H groups in total. The molecule has 0 saturated heterocycles. The zero-order valence-corrected chi connectivity index (χ0v) is 22.1. The monoisotopic (exact) mass is 580 g/mol. The minimum atomic E-state index is -1.79. The van der Waals surface area contributed by atoms with Crippen LogP contribution in [0.5, 0.6) is 5.75 Å². The van der Waals surface area contributed by atoms with Gasteiger partial charge in [0.2, 0.25) is 23.6 Å². The third-order valence-corrected chi connectivity index (χ3v) is 5.61. The number of carboxylic acids is 2. The first-order valence-corrected chi connectivity index (χ1v) is 12.4. The van der Waals surface area contributed by atoms with Gasteiger partial charge in [-0.3, -0.25) is 29.0 Å². The maximum absolute atomic E-state index is 13.2. The van der Waals surface area contributed by atoms with Crippen LogP contribution < -0.4 is 38.9 Å². The maximum atomic E-state index is 13.2. The van der Waals surface area contributed by atoms with E-state index < -0.39 is 66.2 Å². The minimum absolute atomic E-state index is 0.0180. The smallest absolute Gasteiger partial charge is 0.326 e. The lowest BCUT2D eigenvalue weighted by Crippen LogP contribution is -2.57. The summed E-state index contributed by atoms with van der Waals surface area (Å²) in [5.74, 6) is -6.75. The highest BCUT2D eigenvalue weighted by Crippen LogP contribution is 2.11. The summed E-state index contributed by atoms with van der Waals surface area (Å²) in [6.07, 6.45) is -1.41. The van der Waals surface area contributed by atoms with Crippen LogP contribution in [0.1, 0.15) is 37.7 Å². The highest BCUT2D eigenvalue weighted by atomic mass is 16.4. The molecule has 4 amide bonds. The van der Waals surface area contributed by atoms with E-state index in [1.807, 2.05) is 0 Å². The second kappa shape index (κ2) is 16.9. The Morgan fingerprint density at radius 3 is 1.85 bits per heavy atom. The number of phenols is 1. The van der Waals surface area contributed by atoms with E-state index in [9.17, 15) is 39.0 Å². The number of rotatable bonds is 18. The van der Waals surface area contributed by atoms with Crippen LogP contribution in [-0.4, -0.2) is 87.6 Å². The molecule has 0 saturated carbocycles. The van der Waals surface area contributed by atoms with E-state index in [-0.39, 0.29) is 50.4 Å². The SMILES string of the molecule is NC(=O)CCC(NC(=O)C(N)Cc1ccc(O)cc1)C(=O)NC(CCCN=C(N)N)C(=O)NC(CC(=O)O)C(=O)O. The van der Waals surface area contributed by atoms with Gasteiger partial charge in [-0.15, -0.1) is 0 Å². The molecular weight excluding hydrogens is 544 g/mol. The van der Waals surface area contributed by atoms with E-state index >= 15 is 0 Å². The predicted molar refractivity (Wildman–Crippen MR) is 144 cm³/mol. The molecule has 41 heavy (non-hydrogen) atoms. The van der Waals surface area contributed by atoms with Crippen molar-refractivity contribution < 1.29 is 44.1 Å². The zero-order valence-electron chi connectivity index (χ0n) is 22.1. The summed E-state index contributed by atoms with van der Waals surface area (Å²) in [6.45, 7) is 0.0490. The van der Waals surface area contributed by atoms with Crippen LogP contribution >= 0.6 is 0 Å². The maximum Gasteiger partial charge on any atom is 0.326 e. The second-order valence-corrected chi connectivity index (χ2v) is 9.05. The van der Waals surface area contributed by atoms with Gasteiger partial charge < -0.3 is 54.2 Å². The molecule has 1 aromatic carbocycles. The van der Waals surface area contributed by atoms with Gasteiger partial charge in [0.1, 0.15) is 23.9 Å². The van der Waals surface area contributed by atoms with Gasteiger partial charge in [0.15, 0.2) is 5.96 Å². The molecule has 4 atom stereocenters. The molecule has 0 radical (unpaired) electrons. The number of benzene rings is 1. The van der Waals surface area contributed by atoms with Crippen molar-refractivity contribution in [2.24, 2.45) is 27.9 Å². The van der Waals surface area contributed by atoms with Crippen molar-refractivity contribution in [3.8, 4) is 5.75 Å². The molecule has 0 aliphatic heterocycles. The number of nitrogens with one attached hydrogen (secondary N) is 3. The lowest BCUT2D eigenvalue weighted by atomic mass is 10.0. The number of aliphatic carboxylic acids is 2. The summed E-state index contributed by atoms with van der Waals surface area (Å²) in [5.41, 5.74) is 22.3. The number of guanidine groups is 1. The number of carboxylic acid groups (broad SMARTS) is 2. The van der Waals surface area contributed by atoms with Gasteiger partial charge >= 0.3 is 11.9 Å². The first kappa shape index (κ1) is 34.1. The van der Waals surface area contributed by atoms with E-state index in [1.165, 1.54) is 12.1 Å². The number of nitrogens with two attached hydrogens (primary N) is 4. The zero-order chi connectivity index (χ0) is 31.1. The molecule has 0 fully saturated rings. The minimum Gasteiger partial charge on any atom is -0.508 e. The average molecular weight is 581 g/mol. The number of amides is 4. The molecule has 0 heterocycles. The van der Waals surface area contributed by atoms with E-state index in [0.29, 0.717) is 5.56 Å². The van der Waals surface area contributed by atoms with E-state index in [0.717, 1.165) is 0 Å². The lowest BCUT2D eigenvalue weighted by Gasteiger charge is -2.25. The summed E-state index contributed by atoms with van der Waals surface area (Å²) >= 11 is 0. The number of carbonyl (C=O) groups is 6. The standard InChI is InChI=1S/C24H36N8O9/c25-14(10-12-3-5-13(33)6-4-12)20(37)30-16(7-8-18(26)34)22(39)31-15(2-1-9-29-24(27)28)21(38)32-17(23(40)41)11-19(35)36/h3-6,14-17,33H,1-2,7-11,25H2,(H2,26,34)(H,30,37)(H,31,39)(H,32,38)(H,35,36)(H,40,41)(H4,27,28,29). The van der Waals surface area contributed by atoms with Gasteiger partial charge in [0.05, 0.1) is 12.5 Å². The van der Waals surface area contributed by atoms with Crippen molar-refractivity contribution in [1.82, 2.24) is 16.0 Å². The molecule has 226 valence electrons. The Morgan fingerprint density at radius 1 is 0.805 bits per heavy atom. The van der Waals surface area contributed by atoms with Crippen molar-refractivity contribution in [2.45, 2.75) is 62.7 Å². The summed E-state index contributed by atoms with van der Waals surface area (Å²) in [4.78, 5) is 76.4. The van der Waals surface area contributed by atoms with Crippen molar-refractivity contribution >= 4 is 41.5 Å². The fourth-order valence-electron chi connectivity index (χ4n) is 3.50. The Morgan fingerprint density at radius 2 is 1.34 bits per heavy atom. The molecule has 1 rings (SSSR count). The van der Waals surface area contributed by atoms with E-state index in [4.69, 9.17) is 28.0 Å². The van der Waals surface area contributed by atoms with Crippen LogP contribution in [0.4, 0.5) is 0 Å². The molecule has 0 spiro atoms. The second-order valence-electron chi connectivity index (χ2n) is 9.05. The Labute approximate surface area is 234 Å². The van der Waals surface area contributed by atoms with Crippen molar-refractivity contribution in [3.63, 3.8) is 0 Å². The van der Waals surface area contributed by atoms with Crippen LogP contribution in [0.15, 0.2) is 29.3 Å². The van der Waals surface area contributed by atoms with Crippen LogP contribution in [-0.2, 0) is 35.2 Å². The molecule has 17 nitrogen and oxygen atoms in total. The molecule has 0 aromatic heterocycles. The van der Waals surface area contributed by atoms with Gasteiger partial charge in [-0.25, -0.2) is 4.79 Å². The van der Waals surface area contributed by atoms with Gasteiger partial charge in [0, 0.05) is 13.0 Å². The topological polar surface area (TPSA) is 316 Å². The number of aliphatic imine (C=N–C) groups is 1. The molecule has 17 heteroatoms. The largest absolute Gasteiger partial charge is 0.508 e. The quantitative estimate of drug-likeness (QED) is 0.0461. The van der Waals surface area contributed by atoms with Crippen LogP contribution in [0, 0.1) is 0 Å². The summed E-state index contributed by atoms with van der Waals surface area (Å²) in [7, 11) is 0.